The monoisotopic (exact) mass is 375 g/mol. The molecule has 0 spiro atoms. The van der Waals surface area contributed by atoms with Gasteiger partial charge >= 0.3 is 0 Å². The smallest absolute Gasteiger partial charge is 0.260 e. The lowest BCUT2D eigenvalue weighted by atomic mass is 10.2. The van der Waals surface area contributed by atoms with E-state index in [9.17, 15) is 4.79 Å². The quantitative estimate of drug-likeness (QED) is 0.574. The zero-order valence-corrected chi connectivity index (χ0v) is 15.3. The second-order valence-corrected chi connectivity index (χ2v) is 6.09. The van der Waals surface area contributed by atoms with E-state index >= 15 is 0 Å². The summed E-state index contributed by atoms with van der Waals surface area (Å²) in [5.74, 6) is 1.75. The normalized spacial score (nSPS) is 10.6. The number of imidazole rings is 1. The number of pyridine rings is 3. The minimum Gasteiger partial charge on any atom is -0.495 e. The molecule has 0 aliphatic rings. The Balaban J connectivity index is 1.65. The highest BCUT2D eigenvalue weighted by Gasteiger charge is 2.15. The molecule has 0 atom stereocenters. The fourth-order valence-corrected chi connectivity index (χ4v) is 2.71. The van der Waals surface area contributed by atoms with Gasteiger partial charge in [0, 0.05) is 18.6 Å². The van der Waals surface area contributed by atoms with Gasteiger partial charge in [0.2, 0.25) is 0 Å². The second kappa shape index (κ2) is 7.36. The Morgan fingerprint density at radius 2 is 1.96 bits per heavy atom. The van der Waals surface area contributed by atoms with Gasteiger partial charge in [-0.3, -0.25) is 9.78 Å². The summed E-state index contributed by atoms with van der Waals surface area (Å²) in [6.07, 6.45) is 10.0. The van der Waals surface area contributed by atoms with Crippen LogP contribution in [0.2, 0.25) is 0 Å². The number of methoxy groups -OCH3 is 1. The van der Waals surface area contributed by atoms with Crippen LogP contribution in [-0.2, 0) is 0 Å². The number of hydrogen-bond acceptors (Lipinski definition) is 6. The topological polar surface area (TPSA) is 90.6 Å². The van der Waals surface area contributed by atoms with Crippen molar-refractivity contribution in [3.8, 4) is 17.2 Å². The van der Waals surface area contributed by atoms with E-state index in [0.717, 1.165) is 5.56 Å². The maximum absolute atomic E-state index is 12.8. The van der Waals surface area contributed by atoms with Crippen LogP contribution < -0.4 is 14.8 Å². The predicted octanol–water partition coefficient (Wildman–Crippen LogP) is 3.49. The SMILES string of the molecule is COc1ccc(NC(=O)c2cc(Oc3cncc(C)c3)cn3ccnc23)nc1. The number of fused-ring (bicyclic) bond motifs is 1. The van der Waals surface area contributed by atoms with E-state index in [-0.39, 0.29) is 5.91 Å². The van der Waals surface area contributed by atoms with Crippen LogP contribution in [0.15, 0.2) is 61.4 Å². The van der Waals surface area contributed by atoms with Gasteiger partial charge in [0.1, 0.15) is 28.7 Å². The average molecular weight is 375 g/mol. The number of rotatable bonds is 5. The first-order valence-electron chi connectivity index (χ1n) is 8.50. The number of aryl methyl sites for hydroxylation is 1. The Hall–Kier alpha value is -3.94. The summed E-state index contributed by atoms with van der Waals surface area (Å²) in [5, 5.41) is 2.76. The lowest BCUT2D eigenvalue weighted by Crippen LogP contribution is -2.14. The van der Waals surface area contributed by atoms with Crippen molar-refractivity contribution >= 4 is 17.4 Å². The van der Waals surface area contributed by atoms with Crippen LogP contribution in [0, 0.1) is 6.92 Å². The molecule has 0 bridgehead atoms. The molecule has 1 N–H and O–H groups in total. The van der Waals surface area contributed by atoms with Crippen molar-refractivity contribution in [3.05, 3.63) is 72.6 Å². The Labute approximate surface area is 160 Å². The maximum atomic E-state index is 12.8. The molecule has 4 heterocycles. The summed E-state index contributed by atoms with van der Waals surface area (Å²) in [5.41, 5.74) is 1.85. The van der Waals surface area contributed by atoms with Crippen LogP contribution in [0.25, 0.3) is 5.65 Å². The molecule has 8 nitrogen and oxygen atoms in total. The van der Waals surface area contributed by atoms with E-state index in [4.69, 9.17) is 9.47 Å². The van der Waals surface area contributed by atoms with E-state index in [0.29, 0.717) is 34.3 Å². The molecular weight excluding hydrogens is 358 g/mol. The molecule has 0 aromatic carbocycles. The fraction of sp³-hybridized carbons (Fsp3) is 0.100. The molecule has 0 unspecified atom stereocenters. The summed E-state index contributed by atoms with van der Waals surface area (Å²) in [6.45, 7) is 1.93. The number of anilines is 1. The molecule has 4 rings (SSSR count). The third-order valence-corrected chi connectivity index (χ3v) is 4.01. The third kappa shape index (κ3) is 3.61. The first-order chi connectivity index (χ1) is 13.6. The highest BCUT2D eigenvalue weighted by atomic mass is 16.5. The number of ether oxygens (including phenoxy) is 2. The number of amides is 1. The van der Waals surface area contributed by atoms with Crippen molar-refractivity contribution in [3.63, 3.8) is 0 Å². The molecule has 0 radical (unpaired) electrons. The van der Waals surface area contributed by atoms with Crippen molar-refractivity contribution < 1.29 is 14.3 Å². The highest BCUT2D eigenvalue weighted by molar-refractivity contribution is 6.08. The molecule has 4 aromatic heterocycles. The Bertz CT molecular complexity index is 1140. The summed E-state index contributed by atoms with van der Waals surface area (Å²) in [7, 11) is 1.56. The van der Waals surface area contributed by atoms with Crippen LogP contribution in [0.1, 0.15) is 15.9 Å². The molecule has 28 heavy (non-hydrogen) atoms. The number of carbonyl (C=O) groups is 1. The highest BCUT2D eigenvalue weighted by Crippen LogP contribution is 2.25. The van der Waals surface area contributed by atoms with Gasteiger partial charge in [0.05, 0.1) is 31.3 Å². The summed E-state index contributed by atoms with van der Waals surface area (Å²) < 4.78 is 12.7. The minimum absolute atomic E-state index is 0.346. The molecule has 0 aliphatic carbocycles. The van der Waals surface area contributed by atoms with Gasteiger partial charge in [0.25, 0.3) is 5.91 Å². The molecule has 0 saturated carbocycles. The fourth-order valence-electron chi connectivity index (χ4n) is 2.71. The number of nitrogens with zero attached hydrogens (tertiary/aromatic N) is 4. The van der Waals surface area contributed by atoms with Crippen molar-refractivity contribution in [1.82, 2.24) is 19.4 Å². The van der Waals surface area contributed by atoms with E-state index in [2.05, 4.69) is 20.3 Å². The number of carbonyl (C=O) groups excluding carboxylic acids is 1. The maximum Gasteiger partial charge on any atom is 0.260 e. The van der Waals surface area contributed by atoms with E-state index < -0.39 is 0 Å². The first-order valence-corrected chi connectivity index (χ1v) is 8.50. The summed E-state index contributed by atoms with van der Waals surface area (Å²) >= 11 is 0. The number of aromatic nitrogens is 4. The van der Waals surface area contributed by atoms with Gasteiger partial charge in [-0.25, -0.2) is 9.97 Å². The van der Waals surface area contributed by atoms with Crippen LogP contribution >= 0.6 is 0 Å². The second-order valence-electron chi connectivity index (χ2n) is 6.09. The van der Waals surface area contributed by atoms with Crippen LogP contribution in [0.4, 0.5) is 5.82 Å². The standard InChI is InChI=1S/C20H17N5O3/c1-13-7-15(10-21-9-13)28-16-8-17(19-22-5-6-25(19)12-16)20(26)24-18-4-3-14(27-2)11-23-18/h3-12H,1-2H3,(H,23,24,26). The lowest BCUT2D eigenvalue weighted by molar-refractivity contribution is 0.102. The molecule has 0 fully saturated rings. The van der Waals surface area contributed by atoms with Crippen LogP contribution in [0.3, 0.4) is 0 Å². The summed E-state index contributed by atoms with van der Waals surface area (Å²) in [6, 6.07) is 6.89. The van der Waals surface area contributed by atoms with Gasteiger partial charge in [-0.15, -0.1) is 0 Å². The molecule has 0 saturated heterocycles. The van der Waals surface area contributed by atoms with Crippen LogP contribution in [-0.4, -0.2) is 32.4 Å². The van der Waals surface area contributed by atoms with Gasteiger partial charge in [-0.2, -0.15) is 0 Å². The van der Waals surface area contributed by atoms with Crippen molar-refractivity contribution in [1.29, 1.82) is 0 Å². The lowest BCUT2D eigenvalue weighted by Gasteiger charge is -2.10. The molecule has 8 heteroatoms. The molecule has 4 aromatic rings. The van der Waals surface area contributed by atoms with Gasteiger partial charge < -0.3 is 19.2 Å². The number of hydrogen-bond donors (Lipinski definition) is 1. The molecule has 1 amide bonds. The minimum atomic E-state index is -0.346. The zero-order chi connectivity index (χ0) is 19.5. The molecular formula is C20H17N5O3. The first kappa shape index (κ1) is 17.5. The van der Waals surface area contributed by atoms with Gasteiger partial charge in [0.15, 0.2) is 0 Å². The van der Waals surface area contributed by atoms with E-state index in [1.54, 1.807) is 60.7 Å². The Kier molecular flexibility index (Phi) is 4.59. The average Bonchev–Trinajstić information content (AvgIpc) is 3.16. The Morgan fingerprint density at radius 3 is 2.71 bits per heavy atom. The predicted molar refractivity (Wildman–Crippen MR) is 103 cm³/mol. The van der Waals surface area contributed by atoms with Crippen LogP contribution in [0.5, 0.6) is 17.2 Å². The van der Waals surface area contributed by atoms with Crippen molar-refractivity contribution in [2.45, 2.75) is 6.92 Å². The Morgan fingerprint density at radius 1 is 1.07 bits per heavy atom. The van der Waals surface area contributed by atoms with Gasteiger partial charge in [-0.05, 0) is 36.8 Å². The van der Waals surface area contributed by atoms with E-state index in [1.165, 1.54) is 6.20 Å². The van der Waals surface area contributed by atoms with E-state index in [1.807, 2.05) is 13.0 Å². The molecule has 140 valence electrons. The summed E-state index contributed by atoms with van der Waals surface area (Å²) in [4.78, 5) is 25.4. The third-order valence-electron chi connectivity index (χ3n) is 4.01. The zero-order valence-electron chi connectivity index (χ0n) is 15.3. The number of nitrogens with one attached hydrogen (secondary N) is 1. The largest absolute Gasteiger partial charge is 0.495 e. The van der Waals surface area contributed by atoms with Gasteiger partial charge in [-0.1, -0.05) is 0 Å². The molecule has 0 aliphatic heterocycles. The van der Waals surface area contributed by atoms with Crippen molar-refractivity contribution in [2.24, 2.45) is 0 Å². The van der Waals surface area contributed by atoms with Crippen molar-refractivity contribution in [2.75, 3.05) is 12.4 Å².